The first-order valence-corrected chi connectivity index (χ1v) is 13.4. The summed E-state index contributed by atoms with van der Waals surface area (Å²) in [4.78, 5) is 43.6. The molecule has 204 valence electrons. The van der Waals surface area contributed by atoms with Crippen LogP contribution in [0.4, 0.5) is 0 Å². The molecule has 0 radical (unpaired) electrons. The van der Waals surface area contributed by atoms with Crippen LogP contribution in [0.25, 0.3) is 6.08 Å². The van der Waals surface area contributed by atoms with Crippen LogP contribution in [-0.2, 0) is 19.7 Å². The number of benzene rings is 2. The van der Waals surface area contributed by atoms with Crippen molar-refractivity contribution in [3.63, 3.8) is 0 Å². The second kappa shape index (κ2) is 11.0. The minimum absolute atomic E-state index is 0.0188. The van der Waals surface area contributed by atoms with Crippen molar-refractivity contribution in [2.24, 2.45) is 4.99 Å². The van der Waals surface area contributed by atoms with Gasteiger partial charge in [0.15, 0.2) is 16.3 Å². The third-order valence-corrected chi connectivity index (χ3v) is 7.33. The van der Waals surface area contributed by atoms with Crippen LogP contribution in [0.1, 0.15) is 64.3 Å². The van der Waals surface area contributed by atoms with E-state index in [2.05, 4.69) is 37.9 Å². The lowest BCUT2D eigenvalue weighted by Gasteiger charge is -2.25. The summed E-state index contributed by atoms with van der Waals surface area (Å²) < 4.78 is 18.1. The normalized spacial score (nSPS) is 15.5. The van der Waals surface area contributed by atoms with Gasteiger partial charge in [-0.3, -0.25) is 14.2 Å². The number of nitrogens with zero attached hydrogens (tertiary/aromatic N) is 2. The van der Waals surface area contributed by atoms with E-state index in [1.54, 1.807) is 32.0 Å². The van der Waals surface area contributed by atoms with Crippen LogP contribution in [-0.4, -0.2) is 30.2 Å². The predicted molar refractivity (Wildman–Crippen MR) is 150 cm³/mol. The standard InChI is InChI=1S/C30H32N2O6S/c1-8-37-28(35)25-17(2)31-29-32(26(25)20-11-14-22(38-18(3)33)23(16-20)36-7)27(34)24(39-29)15-19-9-12-21(13-10-19)30(4,5)6/h9-16,26H,8H2,1-7H3. The van der Waals surface area contributed by atoms with Crippen LogP contribution in [0.15, 0.2) is 63.5 Å². The molecule has 8 nitrogen and oxygen atoms in total. The molecule has 2 heterocycles. The van der Waals surface area contributed by atoms with Crippen molar-refractivity contribution in [3.8, 4) is 11.5 Å². The molecule has 0 amide bonds. The number of rotatable bonds is 6. The molecule has 0 aliphatic carbocycles. The lowest BCUT2D eigenvalue weighted by atomic mass is 9.87. The molecule has 1 unspecified atom stereocenters. The lowest BCUT2D eigenvalue weighted by Crippen LogP contribution is -2.40. The third kappa shape index (κ3) is 5.73. The van der Waals surface area contributed by atoms with E-state index in [0.29, 0.717) is 26.3 Å². The Morgan fingerprint density at radius 3 is 2.38 bits per heavy atom. The number of carbonyl (C=O) groups is 2. The average molecular weight is 549 g/mol. The molecule has 0 saturated carbocycles. The summed E-state index contributed by atoms with van der Waals surface area (Å²) in [5.74, 6) is -0.522. The summed E-state index contributed by atoms with van der Waals surface area (Å²) in [6, 6.07) is 12.2. The second-order valence-corrected chi connectivity index (χ2v) is 11.2. The maximum Gasteiger partial charge on any atom is 0.338 e. The number of aromatic nitrogens is 1. The lowest BCUT2D eigenvalue weighted by molar-refractivity contribution is -0.139. The molecule has 39 heavy (non-hydrogen) atoms. The van der Waals surface area contributed by atoms with Crippen LogP contribution >= 0.6 is 11.3 Å². The van der Waals surface area contributed by atoms with Gasteiger partial charge in [0.2, 0.25) is 0 Å². The van der Waals surface area contributed by atoms with E-state index >= 15 is 0 Å². The van der Waals surface area contributed by atoms with E-state index in [9.17, 15) is 14.4 Å². The van der Waals surface area contributed by atoms with Gasteiger partial charge < -0.3 is 14.2 Å². The van der Waals surface area contributed by atoms with Crippen molar-refractivity contribution in [3.05, 3.63) is 90.1 Å². The van der Waals surface area contributed by atoms with Crippen molar-refractivity contribution in [1.29, 1.82) is 0 Å². The summed E-state index contributed by atoms with van der Waals surface area (Å²) in [6.45, 7) is 11.4. The Morgan fingerprint density at radius 2 is 1.79 bits per heavy atom. The molecule has 1 atom stereocenters. The van der Waals surface area contributed by atoms with Gasteiger partial charge in [0, 0.05) is 6.92 Å². The van der Waals surface area contributed by atoms with Gasteiger partial charge in [0.05, 0.1) is 35.6 Å². The zero-order valence-corrected chi connectivity index (χ0v) is 24.0. The minimum Gasteiger partial charge on any atom is -0.493 e. The molecule has 1 aliphatic heterocycles. The quantitative estimate of drug-likeness (QED) is 0.341. The Hall–Kier alpha value is -3.98. The van der Waals surface area contributed by atoms with Crippen molar-refractivity contribution < 1.29 is 23.8 Å². The number of thiazole rings is 1. The highest BCUT2D eigenvalue weighted by Crippen LogP contribution is 2.36. The van der Waals surface area contributed by atoms with E-state index in [0.717, 1.165) is 5.56 Å². The molecule has 1 aliphatic rings. The third-order valence-electron chi connectivity index (χ3n) is 6.35. The number of esters is 2. The van der Waals surface area contributed by atoms with Gasteiger partial charge in [-0.05, 0) is 54.2 Å². The maximum atomic E-state index is 13.8. The monoisotopic (exact) mass is 548 g/mol. The molecule has 0 spiro atoms. The first kappa shape index (κ1) is 28.0. The molecule has 9 heteroatoms. The van der Waals surface area contributed by atoms with Gasteiger partial charge in [0.1, 0.15) is 0 Å². The largest absolute Gasteiger partial charge is 0.493 e. The molecule has 0 bridgehead atoms. The summed E-state index contributed by atoms with van der Waals surface area (Å²) in [7, 11) is 1.45. The van der Waals surface area contributed by atoms with Crippen molar-refractivity contribution in [2.75, 3.05) is 13.7 Å². The van der Waals surface area contributed by atoms with Gasteiger partial charge >= 0.3 is 11.9 Å². The number of hydrogen-bond acceptors (Lipinski definition) is 8. The summed E-state index contributed by atoms with van der Waals surface area (Å²) >= 11 is 1.26. The number of allylic oxidation sites excluding steroid dienone is 1. The molecule has 0 saturated heterocycles. The van der Waals surface area contributed by atoms with E-state index < -0.39 is 18.0 Å². The fraction of sp³-hybridized carbons (Fsp3) is 0.333. The number of fused-ring (bicyclic) bond motifs is 1. The Morgan fingerprint density at radius 1 is 1.10 bits per heavy atom. The molecular weight excluding hydrogens is 516 g/mol. The van der Waals surface area contributed by atoms with Gasteiger partial charge in [-0.25, -0.2) is 9.79 Å². The summed E-state index contributed by atoms with van der Waals surface area (Å²) in [5, 5.41) is 0. The van der Waals surface area contributed by atoms with Crippen LogP contribution < -0.4 is 24.4 Å². The van der Waals surface area contributed by atoms with Gasteiger partial charge in [-0.1, -0.05) is 62.4 Å². The van der Waals surface area contributed by atoms with Gasteiger partial charge in [0.25, 0.3) is 5.56 Å². The molecule has 0 fully saturated rings. The Labute approximate surface area is 230 Å². The molecule has 3 aromatic rings. The fourth-order valence-electron chi connectivity index (χ4n) is 4.43. The highest BCUT2D eigenvalue weighted by atomic mass is 32.1. The summed E-state index contributed by atoms with van der Waals surface area (Å²) in [5.41, 5.74) is 3.13. The highest BCUT2D eigenvalue weighted by Gasteiger charge is 2.34. The Balaban J connectivity index is 1.90. The van der Waals surface area contributed by atoms with Crippen molar-refractivity contribution in [2.45, 2.75) is 53.0 Å². The summed E-state index contributed by atoms with van der Waals surface area (Å²) in [6.07, 6.45) is 1.83. The first-order valence-electron chi connectivity index (χ1n) is 12.6. The molecule has 2 aromatic carbocycles. The molecule has 0 N–H and O–H groups in total. The van der Waals surface area contributed by atoms with Crippen LogP contribution in [0.2, 0.25) is 0 Å². The molecular formula is C30H32N2O6S. The Bertz CT molecular complexity index is 1640. The molecule has 1 aromatic heterocycles. The van der Waals surface area contributed by atoms with Gasteiger partial charge in [-0.2, -0.15) is 0 Å². The Kier molecular flexibility index (Phi) is 7.92. The van der Waals surface area contributed by atoms with E-state index in [4.69, 9.17) is 14.2 Å². The highest BCUT2D eigenvalue weighted by molar-refractivity contribution is 7.07. The average Bonchev–Trinajstić information content (AvgIpc) is 3.17. The smallest absolute Gasteiger partial charge is 0.338 e. The zero-order chi connectivity index (χ0) is 28.5. The predicted octanol–water partition coefficient (Wildman–Crippen LogP) is 4.03. The SMILES string of the molecule is CCOC(=O)C1=C(C)N=c2sc(=Cc3ccc(C(C)(C)C)cc3)c(=O)n2C1c1ccc(OC(C)=O)c(OC)c1. The van der Waals surface area contributed by atoms with Gasteiger partial charge in [-0.15, -0.1) is 0 Å². The number of carbonyl (C=O) groups excluding carboxylic acids is 2. The number of hydrogen-bond donors (Lipinski definition) is 0. The van der Waals surface area contributed by atoms with Crippen molar-refractivity contribution in [1.82, 2.24) is 4.57 Å². The maximum absolute atomic E-state index is 13.8. The van der Waals surface area contributed by atoms with Crippen LogP contribution in [0, 0.1) is 0 Å². The zero-order valence-electron chi connectivity index (χ0n) is 23.2. The van der Waals surface area contributed by atoms with Crippen LogP contribution in [0.3, 0.4) is 0 Å². The topological polar surface area (TPSA) is 96.2 Å². The van der Waals surface area contributed by atoms with E-state index in [-0.39, 0.29) is 28.9 Å². The fourth-order valence-corrected chi connectivity index (χ4v) is 5.48. The van der Waals surface area contributed by atoms with Crippen molar-refractivity contribution >= 4 is 29.4 Å². The number of ether oxygens (including phenoxy) is 3. The molecule has 4 rings (SSSR count). The number of methoxy groups -OCH3 is 1. The van der Waals surface area contributed by atoms with E-state index in [1.807, 2.05) is 18.2 Å². The van der Waals surface area contributed by atoms with Crippen LogP contribution in [0.5, 0.6) is 11.5 Å². The minimum atomic E-state index is -0.814. The van der Waals surface area contributed by atoms with E-state index in [1.165, 1.54) is 35.5 Å². The first-order chi connectivity index (χ1) is 18.4. The second-order valence-electron chi connectivity index (χ2n) is 10.2.